The van der Waals surface area contributed by atoms with E-state index in [-0.39, 0.29) is 11.7 Å². The van der Waals surface area contributed by atoms with Gasteiger partial charge in [0.15, 0.2) is 5.82 Å². The van der Waals surface area contributed by atoms with Crippen LogP contribution in [0, 0.1) is 6.92 Å². The number of nitrogens with one attached hydrogen (secondary N) is 1. The average Bonchev–Trinajstić information content (AvgIpc) is 3.16. The second-order valence-electron chi connectivity index (χ2n) is 6.29. The third-order valence-electron chi connectivity index (χ3n) is 4.29. The van der Waals surface area contributed by atoms with Crippen LogP contribution in [0.25, 0.3) is 17.1 Å². The molecule has 0 radical (unpaired) electrons. The van der Waals surface area contributed by atoms with E-state index in [0.717, 1.165) is 22.5 Å². The monoisotopic (exact) mass is 388 g/mol. The molecule has 0 atom stereocenters. The number of anilines is 1. The van der Waals surface area contributed by atoms with E-state index in [0.29, 0.717) is 10.8 Å². The largest absolute Gasteiger partial charge is 0.319 e. The molecule has 0 unspecified atom stereocenters. The van der Waals surface area contributed by atoms with Gasteiger partial charge in [-0.3, -0.25) is 4.79 Å². The van der Waals surface area contributed by atoms with Crippen LogP contribution in [0.3, 0.4) is 0 Å². The molecule has 1 aromatic heterocycles. The summed E-state index contributed by atoms with van der Waals surface area (Å²) in [6, 6.07) is 24.4. The quantitative estimate of drug-likeness (QED) is 0.526. The molecule has 138 valence electrons. The lowest BCUT2D eigenvalue weighted by molar-refractivity contribution is 0.101. The fourth-order valence-electron chi connectivity index (χ4n) is 2.86. The second kappa shape index (κ2) is 7.66. The molecule has 4 aromatic rings. The maximum atomic E-state index is 12.8. The van der Waals surface area contributed by atoms with Crippen LogP contribution in [0.15, 0.2) is 78.9 Å². The maximum Gasteiger partial charge on any atom is 0.295 e. The number of amides is 1. The minimum Gasteiger partial charge on any atom is -0.319 e. The Hall–Kier alpha value is -3.44. The topological polar surface area (TPSA) is 59.8 Å². The Bertz CT molecular complexity index is 1140. The average molecular weight is 389 g/mol. The number of benzene rings is 3. The predicted octanol–water partition coefficient (Wildman–Crippen LogP) is 5.15. The van der Waals surface area contributed by atoms with Gasteiger partial charge in [0.2, 0.25) is 5.82 Å². The fourth-order valence-corrected chi connectivity index (χ4v) is 3.05. The van der Waals surface area contributed by atoms with E-state index >= 15 is 0 Å². The smallest absolute Gasteiger partial charge is 0.295 e. The van der Waals surface area contributed by atoms with E-state index in [9.17, 15) is 4.79 Å². The molecular weight excluding hydrogens is 372 g/mol. The molecule has 0 aliphatic heterocycles. The fraction of sp³-hybridized carbons (Fsp3) is 0.0455. The zero-order valence-electron chi connectivity index (χ0n) is 15.1. The number of hydrogen-bond donors (Lipinski definition) is 1. The first-order valence-corrected chi connectivity index (χ1v) is 9.15. The minimum absolute atomic E-state index is 0.0853. The molecule has 1 N–H and O–H groups in total. The van der Waals surface area contributed by atoms with Crippen molar-refractivity contribution in [1.82, 2.24) is 14.8 Å². The summed E-state index contributed by atoms with van der Waals surface area (Å²) in [6.07, 6.45) is 0. The van der Waals surface area contributed by atoms with Gasteiger partial charge in [0.25, 0.3) is 5.91 Å². The molecule has 0 spiro atoms. The van der Waals surface area contributed by atoms with E-state index in [4.69, 9.17) is 11.6 Å². The lowest BCUT2D eigenvalue weighted by atomic mass is 10.2. The molecule has 4 rings (SSSR count). The molecule has 0 aliphatic carbocycles. The van der Waals surface area contributed by atoms with Crippen LogP contribution in [0.1, 0.15) is 16.2 Å². The third kappa shape index (κ3) is 3.66. The molecule has 1 amide bonds. The zero-order chi connectivity index (χ0) is 19.5. The molecule has 1 heterocycles. The number of aryl methyl sites for hydroxylation is 1. The molecule has 0 bridgehead atoms. The van der Waals surface area contributed by atoms with Gasteiger partial charge in [-0.15, -0.1) is 5.10 Å². The number of halogens is 1. The first kappa shape index (κ1) is 17.9. The molecule has 0 saturated heterocycles. The highest BCUT2D eigenvalue weighted by Gasteiger charge is 2.19. The highest BCUT2D eigenvalue weighted by molar-refractivity contribution is 6.30. The summed E-state index contributed by atoms with van der Waals surface area (Å²) in [5.41, 5.74) is 3.28. The molecular formula is C22H17ClN4O. The number of para-hydroxylation sites is 2. The van der Waals surface area contributed by atoms with Crippen molar-refractivity contribution >= 4 is 23.2 Å². The van der Waals surface area contributed by atoms with Crippen molar-refractivity contribution in [3.05, 3.63) is 95.3 Å². The molecule has 28 heavy (non-hydrogen) atoms. The van der Waals surface area contributed by atoms with Crippen LogP contribution in [0.2, 0.25) is 5.02 Å². The van der Waals surface area contributed by atoms with Gasteiger partial charge in [-0.2, -0.15) is 0 Å². The lowest BCUT2D eigenvalue weighted by Crippen LogP contribution is -2.15. The Kier molecular flexibility index (Phi) is 4.91. The summed E-state index contributed by atoms with van der Waals surface area (Å²) in [5.74, 6) is 0.262. The Balaban J connectivity index is 1.77. The minimum atomic E-state index is -0.368. The van der Waals surface area contributed by atoms with Crippen molar-refractivity contribution in [2.75, 3.05) is 5.32 Å². The molecule has 0 fully saturated rings. The number of aromatic nitrogens is 3. The van der Waals surface area contributed by atoms with Gasteiger partial charge in [-0.1, -0.05) is 60.1 Å². The predicted molar refractivity (Wildman–Crippen MR) is 111 cm³/mol. The van der Waals surface area contributed by atoms with Crippen molar-refractivity contribution in [2.45, 2.75) is 6.92 Å². The van der Waals surface area contributed by atoms with Gasteiger partial charge in [-0.25, -0.2) is 9.67 Å². The summed E-state index contributed by atoms with van der Waals surface area (Å²) < 4.78 is 1.65. The van der Waals surface area contributed by atoms with Crippen molar-refractivity contribution in [3.8, 4) is 17.1 Å². The SMILES string of the molecule is Cc1ccccc1NC(=O)c1nc(-c2cccc(Cl)c2)n(-c2ccccc2)n1. The number of carbonyl (C=O) groups excluding carboxylic acids is 1. The molecule has 0 saturated carbocycles. The van der Waals surface area contributed by atoms with Crippen LogP contribution in [0.5, 0.6) is 0 Å². The van der Waals surface area contributed by atoms with Crippen molar-refractivity contribution in [2.24, 2.45) is 0 Å². The van der Waals surface area contributed by atoms with Gasteiger partial charge >= 0.3 is 0 Å². The zero-order valence-corrected chi connectivity index (χ0v) is 15.9. The standard InChI is InChI=1S/C22H17ClN4O/c1-15-8-5-6-13-19(15)24-22(28)20-25-21(16-9-7-10-17(23)14-16)27(26-20)18-11-3-2-4-12-18/h2-14H,1H3,(H,24,28). The van der Waals surface area contributed by atoms with Crippen LogP contribution in [-0.2, 0) is 0 Å². The Morgan fingerprint density at radius 2 is 1.71 bits per heavy atom. The number of hydrogen-bond acceptors (Lipinski definition) is 3. The van der Waals surface area contributed by atoms with Crippen LogP contribution in [-0.4, -0.2) is 20.7 Å². The Morgan fingerprint density at radius 3 is 2.46 bits per heavy atom. The Labute approximate surface area is 167 Å². The molecule has 3 aromatic carbocycles. The van der Waals surface area contributed by atoms with E-state index in [1.807, 2.05) is 73.7 Å². The van der Waals surface area contributed by atoms with Crippen molar-refractivity contribution in [1.29, 1.82) is 0 Å². The lowest BCUT2D eigenvalue weighted by Gasteiger charge is -2.06. The summed E-state index contributed by atoms with van der Waals surface area (Å²) in [7, 11) is 0. The summed E-state index contributed by atoms with van der Waals surface area (Å²) >= 11 is 6.15. The van der Waals surface area contributed by atoms with E-state index in [1.54, 1.807) is 16.8 Å². The van der Waals surface area contributed by atoms with Crippen molar-refractivity contribution in [3.63, 3.8) is 0 Å². The van der Waals surface area contributed by atoms with E-state index < -0.39 is 0 Å². The third-order valence-corrected chi connectivity index (χ3v) is 4.52. The van der Waals surface area contributed by atoms with E-state index in [1.165, 1.54) is 0 Å². The number of rotatable bonds is 4. The number of carbonyl (C=O) groups is 1. The van der Waals surface area contributed by atoms with Crippen molar-refractivity contribution < 1.29 is 4.79 Å². The Morgan fingerprint density at radius 1 is 0.964 bits per heavy atom. The summed E-state index contributed by atoms with van der Waals surface area (Å²) in [6.45, 7) is 1.93. The molecule has 0 aliphatic rings. The number of nitrogens with zero attached hydrogens (tertiary/aromatic N) is 3. The van der Waals surface area contributed by atoms with Gasteiger partial charge < -0.3 is 5.32 Å². The van der Waals surface area contributed by atoms with Crippen LogP contribution >= 0.6 is 11.6 Å². The van der Waals surface area contributed by atoms with E-state index in [2.05, 4.69) is 15.4 Å². The highest BCUT2D eigenvalue weighted by Crippen LogP contribution is 2.24. The van der Waals surface area contributed by atoms with Gasteiger partial charge in [0.05, 0.1) is 5.69 Å². The van der Waals surface area contributed by atoms with Gasteiger partial charge in [0.1, 0.15) is 0 Å². The second-order valence-corrected chi connectivity index (χ2v) is 6.72. The van der Waals surface area contributed by atoms with Gasteiger partial charge in [0, 0.05) is 16.3 Å². The summed E-state index contributed by atoms with van der Waals surface area (Å²) in [5, 5.41) is 7.93. The molecule has 6 heteroatoms. The highest BCUT2D eigenvalue weighted by atomic mass is 35.5. The first-order valence-electron chi connectivity index (χ1n) is 8.77. The normalized spacial score (nSPS) is 10.6. The first-order chi connectivity index (χ1) is 13.6. The van der Waals surface area contributed by atoms with Crippen LogP contribution < -0.4 is 5.32 Å². The van der Waals surface area contributed by atoms with Gasteiger partial charge in [-0.05, 0) is 42.8 Å². The maximum absolute atomic E-state index is 12.8. The molecule has 5 nitrogen and oxygen atoms in total. The van der Waals surface area contributed by atoms with Crippen LogP contribution in [0.4, 0.5) is 5.69 Å². The summed E-state index contributed by atoms with van der Waals surface area (Å²) in [4.78, 5) is 17.3.